The molecule has 4 aromatic rings. The van der Waals surface area contributed by atoms with Gasteiger partial charge in [-0.3, -0.25) is 0 Å². The minimum Gasteiger partial charge on any atom is -0.390 e. The highest BCUT2D eigenvalue weighted by atomic mass is 19.1. The predicted octanol–water partition coefficient (Wildman–Crippen LogP) is 4.99. The first-order valence-electron chi connectivity index (χ1n) is 11.7. The number of rotatable bonds is 3. The molecule has 4 fully saturated rings. The maximum Gasteiger partial charge on any atom is 0.275 e. The summed E-state index contributed by atoms with van der Waals surface area (Å²) >= 11 is 0. The number of benzene rings is 1. The molecule has 0 amide bonds. The molecule has 8 rings (SSSR count). The van der Waals surface area contributed by atoms with Gasteiger partial charge >= 0.3 is 0 Å². The van der Waals surface area contributed by atoms with Gasteiger partial charge in [0.15, 0.2) is 0 Å². The Balaban J connectivity index is 1.46. The number of imidazole rings is 2. The Hall–Kier alpha value is -3.57. The lowest BCUT2D eigenvalue weighted by Crippen LogP contribution is -2.59. The lowest BCUT2D eigenvalue weighted by molar-refractivity contribution is -0.156. The Kier molecular flexibility index (Phi) is 3.93. The van der Waals surface area contributed by atoms with Gasteiger partial charge in [-0.15, -0.1) is 4.52 Å². The fourth-order valence-electron chi connectivity index (χ4n) is 7.28. The molecular weight excluding hydrogens is 431 g/mol. The molecule has 3 aromatic heterocycles. The Morgan fingerprint density at radius 1 is 1.03 bits per heavy atom. The number of nitrogens with zero attached hydrogens (tertiary/aromatic N) is 6. The average molecular weight is 455 g/mol. The largest absolute Gasteiger partial charge is 0.390 e. The van der Waals surface area contributed by atoms with Crippen molar-refractivity contribution in [3.05, 3.63) is 66.2 Å². The number of fused-ring (bicyclic) bond motifs is 1. The van der Waals surface area contributed by atoms with Crippen molar-refractivity contribution in [2.75, 3.05) is 0 Å². The molecule has 4 atom stereocenters. The number of aromatic nitrogens is 5. The summed E-state index contributed by atoms with van der Waals surface area (Å²) in [5.74, 6) is 1.06. The molecule has 1 aromatic carbocycles. The van der Waals surface area contributed by atoms with Gasteiger partial charge in [0.25, 0.3) is 5.82 Å². The van der Waals surface area contributed by atoms with E-state index in [2.05, 4.69) is 14.4 Å². The van der Waals surface area contributed by atoms with Crippen molar-refractivity contribution in [1.82, 2.24) is 24.1 Å². The first-order valence-corrected chi connectivity index (χ1v) is 11.7. The molecule has 4 bridgehead atoms. The van der Waals surface area contributed by atoms with Crippen molar-refractivity contribution in [1.29, 1.82) is 0 Å². The zero-order valence-corrected chi connectivity index (χ0v) is 18.5. The zero-order valence-electron chi connectivity index (χ0n) is 18.5. The topological polar surface area (TPSA) is 72.6 Å². The second kappa shape index (κ2) is 6.73. The van der Waals surface area contributed by atoms with Gasteiger partial charge in [-0.05, 0) is 80.7 Å². The summed E-state index contributed by atoms with van der Waals surface area (Å²) in [7, 11) is 0. The van der Waals surface area contributed by atoms with Crippen LogP contribution in [-0.4, -0.2) is 34.9 Å². The molecular formula is C26H23FN6O. The highest BCUT2D eigenvalue weighted by Crippen LogP contribution is 2.61. The van der Waals surface area contributed by atoms with Crippen LogP contribution in [-0.2, 0) is 5.54 Å². The summed E-state index contributed by atoms with van der Waals surface area (Å²) in [5, 5.41) is 16.2. The SMILES string of the molecule is [C-]#[N+]c1cnc2ccc(-c3c(-c4ccc(F)cc4)ncn3C34CC5C[C@H](CC(O)(C5)C3)C4)nn12. The second-order valence-electron chi connectivity index (χ2n) is 10.4. The standard InChI is InChI=1S/C26H23FN6O/c1-28-22-13-29-21-7-6-20(31-33(21)22)24-23(18-2-4-19(27)5-3-18)30-15-32(24)25-9-16-8-17(10-25)12-26(34,11-16)14-25/h2-7,13,15-17,34H,8-12,14H2/t16-,17?,25?,26?/m0/s1. The molecule has 34 heavy (non-hydrogen) atoms. The maximum atomic E-state index is 13.7. The smallest absolute Gasteiger partial charge is 0.275 e. The number of hydrogen-bond acceptors (Lipinski definition) is 4. The van der Waals surface area contributed by atoms with Crippen LogP contribution in [0.2, 0.25) is 0 Å². The van der Waals surface area contributed by atoms with Gasteiger partial charge in [-0.1, -0.05) is 11.7 Å². The summed E-state index contributed by atoms with van der Waals surface area (Å²) < 4.78 is 17.5. The van der Waals surface area contributed by atoms with E-state index >= 15 is 0 Å². The first-order chi connectivity index (χ1) is 16.5. The average Bonchev–Trinajstić information content (AvgIpc) is 3.42. The van der Waals surface area contributed by atoms with Crippen LogP contribution >= 0.6 is 0 Å². The molecule has 7 nitrogen and oxygen atoms in total. The van der Waals surface area contributed by atoms with Crippen molar-refractivity contribution in [3.8, 4) is 22.6 Å². The summed E-state index contributed by atoms with van der Waals surface area (Å²) in [6.45, 7) is 7.47. The van der Waals surface area contributed by atoms with Crippen molar-refractivity contribution in [3.63, 3.8) is 0 Å². The van der Waals surface area contributed by atoms with E-state index in [1.165, 1.54) is 24.8 Å². The van der Waals surface area contributed by atoms with Crippen molar-refractivity contribution in [2.24, 2.45) is 11.8 Å². The molecule has 4 aliphatic carbocycles. The van der Waals surface area contributed by atoms with Gasteiger partial charge in [-0.25, -0.2) is 14.4 Å². The van der Waals surface area contributed by atoms with Gasteiger partial charge < -0.3 is 14.5 Å². The Morgan fingerprint density at radius 3 is 2.50 bits per heavy atom. The molecule has 0 spiro atoms. The monoisotopic (exact) mass is 454 g/mol. The molecule has 0 saturated heterocycles. The maximum absolute atomic E-state index is 13.7. The minimum atomic E-state index is -0.624. The van der Waals surface area contributed by atoms with Crippen LogP contribution in [0.25, 0.3) is 33.1 Å². The Bertz CT molecular complexity index is 1470. The van der Waals surface area contributed by atoms with Crippen LogP contribution < -0.4 is 0 Å². The molecule has 3 heterocycles. The molecule has 3 unspecified atom stereocenters. The molecule has 1 N–H and O–H groups in total. The summed E-state index contributed by atoms with van der Waals surface area (Å²) in [4.78, 5) is 12.6. The number of halogens is 1. The van der Waals surface area contributed by atoms with Crippen molar-refractivity contribution in [2.45, 2.75) is 49.7 Å². The van der Waals surface area contributed by atoms with Crippen LogP contribution in [0.5, 0.6) is 0 Å². The molecule has 4 aliphatic rings. The Labute approximate surface area is 195 Å². The van der Waals surface area contributed by atoms with Gasteiger partial charge in [0.1, 0.15) is 11.5 Å². The van der Waals surface area contributed by atoms with E-state index in [4.69, 9.17) is 16.7 Å². The van der Waals surface area contributed by atoms with E-state index in [9.17, 15) is 9.50 Å². The third kappa shape index (κ3) is 2.80. The molecule has 0 aliphatic heterocycles. The zero-order chi connectivity index (χ0) is 23.1. The summed E-state index contributed by atoms with van der Waals surface area (Å²) in [5.41, 5.74) is 2.79. The highest BCUT2D eigenvalue weighted by molar-refractivity contribution is 5.77. The van der Waals surface area contributed by atoms with E-state index in [0.717, 1.165) is 42.6 Å². The van der Waals surface area contributed by atoms with Crippen LogP contribution in [0.15, 0.2) is 48.9 Å². The number of hydrogen-bond donors (Lipinski definition) is 1. The van der Waals surface area contributed by atoms with Gasteiger partial charge in [0.05, 0.1) is 29.5 Å². The van der Waals surface area contributed by atoms with E-state index < -0.39 is 5.60 Å². The highest BCUT2D eigenvalue weighted by Gasteiger charge is 2.58. The second-order valence-corrected chi connectivity index (χ2v) is 10.4. The van der Waals surface area contributed by atoms with E-state index in [1.807, 2.05) is 18.5 Å². The quantitative estimate of drug-likeness (QED) is 0.443. The van der Waals surface area contributed by atoms with E-state index in [1.54, 1.807) is 16.6 Å². The number of aliphatic hydroxyl groups is 1. The van der Waals surface area contributed by atoms with Gasteiger partial charge in [0, 0.05) is 17.2 Å². The van der Waals surface area contributed by atoms with Gasteiger partial charge in [-0.2, -0.15) is 0 Å². The lowest BCUT2D eigenvalue weighted by atomic mass is 9.51. The van der Waals surface area contributed by atoms with Crippen LogP contribution in [0.1, 0.15) is 38.5 Å². The normalized spacial score (nSPS) is 29.6. The van der Waals surface area contributed by atoms with Crippen LogP contribution in [0.3, 0.4) is 0 Å². The van der Waals surface area contributed by atoms with Crippen LogP contribution in [0, 0.1) is 24.2 Å². The predicted molar refractivity (Wildman–Crippen MR) is 123 cm³/mol. The van der Waals surface area contributed by atoms with E-state index in [0.29, 0.717) is 35.4 Å². The van der Waals surface area contributed by atoms with Gasteiger partial charge in [0.2, 0.25) is 5.65 Å². The fraction of sp³-hybridized carbons (Fsp3) is 0.385. The Morgan fingerprint density at radius 2 is 1.79 bits per heavy atom. The lowest BCUT2D eigenvalue weighted by Gasteiger charge is -2.60. The summed E-state index contributed by atoms with van der Waals surface area (Å²) in [6, 6.07) is 10.1. The first kappa shape index (κ1) is 19.9. The molecule has 170 valence electrons. The summed E-state index contributed by atoms with van der Waals surface area (Å²) in [6.07, 6.45) is 9.08. The van der Waals surface area contributed by atoms with Crippen molar-refractivity contribution >= 4 is 11.5 Å². The fourth-order valence-corrected chi connectivity index (χ4v) is 7.28. The minimum absolute atomic E-state index is 0.229. The van der Waals surface area contributed by atoms with E-state index in [-0.39, 0.29) is 11.4 Å². The molecule has 4 saturated carbocycles. The third-order valence-corrected chi connectivity index (χ3v) is 8.10. The third-order valence-electron chi connectivity index (χ3n) is 8.10. The molecule has 0 radical (unpaired) electrons. The molecule has 8 heteroatoms. The van der Waals surface area contributed by atoms with Crippen LogP contribution in [0.4, 0.5) is 10.2 Å². The van der Waals surface area contributed by atoms with Crippen molar-refractivity contribution < 1.29 is 9.50 Å².